The largest absolute Gasteiger partial charge is 0.367 e. The van der Waals surface area contributed by atoms with Crippen LogP contribution in [0.2, 0.25) is 0 Å². The van der Waals surface area contributed by atoms with Gasteiger partial charge in [0.25, 0.3) is 0 Å². The molecule has 2 aromatic carbocycles. The Labute approximate surface area is 131 Å². The molecular weight excluding hydrogens is 328 g/mol. The first-order valence-corrected chi connectivity index (χ1v) is 7.44. The van der Waals surface area contributed by atoms with E-state index in [2.05, 4.69) is 46.2 Å². The standard InChI is InChI=1S/C17H15BrN2O/c1-10-3-6-12(7-4-10)15-16(20-21-17(15)19)13-9-11(2)5-8-14(13)18/h3-9H,19H2,1-2H3. The molecule has 0 radical (unpaired) electrons. The summed E-state index contributed by atoms with van der Waals surface area (Å²) in [5.74, 6) is 0.335. The van der Waals surface area contributed by atoms with E-state index in [0.717, 1.165) is 32.4 Å². The minimum atomic E-state index is 0.335. The predicted octanol–water partition coefficient (Wildman–Crippen LogP) is 4.97. The summed E-state index contributed by atoms with van der Waals surface area (Å²) in [6.07, 6.45) is 0. The molecule has 2 N–H and O–H groups in total. The highest BCUT2D eigenvalue weighted by atomic mass is 79.9. The van der Waals surface area contributed by atoms with E-state index in [-0.39, 0.29) is 0 Å². The van der Waals surface area contributed by atoms with Gasteiger partial charge in [-0.3, -0.25) is 0 Å². The summed E-state index contributed by atoms with van der Waals surface area (Å²) in [4.78, 5) is 0. The normalized spacial score (nSPS) is 10.8. The van der Waals surface area contributed by atoms with Crippen molar-refractivity contribution in [1.29, 1.82) is 0 Å². The van der Waals surface area contributed by atoms with Crippen molar-refractivity contribution in [2.75, 3.05) is 5.73 Å². The van der Waals surface area contributed by atoms with Crippen LogP contribution in [-0.4, -0.2) is 5.16 Å². The second kappa shape index (κ2) is 5.37. The summed E-state index contributed by atoms with van der Waals surface area (Å²) in [5, 5.41) is 4.16. The van der Waals surface area contributed by atoms with Gasteiger partial charge in [0, 0.05) is 10.0 Å². The van der Waals surface area contributed by atoms with Gasteiger partial charge in [-0.05, 0) is 31.5 Å². The highest BCUT2D eigenvalue weighted by molar-refractivity contribution is 9.10. The number of hydrogen-bond acceptors (Lipinski definition) is 3. The lowest BCUT2D eigenvalue weighted by Crippen LogP contribution is -1.89. The molecule has 0 fully saturated rings. The smallest absolute Gasteiger partial charge is 0.230 e. The molecule has 3 nitrogen and oxygen atoms in total. The number of aryl methyl sites for hydroxylation is 2. The number of halogens is 1. The van der Waals surface area contributed by atoms with E-state index in [1.165, 1.54) is 5.56 Å². The van der Waals surface area contributed by atoms with E-state index < -0.39 is 0 Å². The van der Waals surface area contributed by atoms with Gasteiger partial charge in [0.1, 0.15) is 5.69 Å². The van der Waals surface area contributed by atoms with Gasteiger partial charge in [-0.25, -0.2) is 0 Å². The molecule has 0 saturated heterocycles. The molecule has 4 heteroatoms. The van der Waals surface area contributed by atoms with E-state index >= 15 is 0 Å². The Bertz CT molecular complexity index is 791. The minimum Gasteiger partial charge on any atom is -0.367 e. The average Bonchev–Trinajstić information content (AvgIpc) is 2.84. The van der Waals surface area contributed by atoms with Gasteiger partial charge >= 0.3 is 0 Å². The second-order valence-corrected chi connectivity index (χ2v) is 5.97. The monoisotopic (exact) mass is 342 g/mol. The molecule has 0 saturated carbocycles. The topological polar surface area (TPSA) is 52.0 Å². The van der Waals surface area contributed by atoms with Gasteiger partial charge in [0.15, 0.2) is 0 Å². The van der Waals surface area contributed by atoms with Crippen molar-refractivity contribution in [3.05, 3.63) is 58.1 Å². The molecule has 0 aliphatic heterocycles. The first-order chi connectivity index (χ1) is 10.1. The van der Waals surface area contributed by atoms with Crippen molar-refractivity contribution in [3.8, 4) is 22.4 Å². The Morgan fingerprint density at radius 1 is 1.00 bits per heavy atom. The molecule has 106 valence electrons. The SMILES string of the molecule is Cc1ccc(-c2c(-c3cc(C)ccc3Br)noc2N)cc1. The summed E-state index contributed by atoms with van der Waals surface area (Å²) in [5.41, 5.74) is 11.9. The molecule has 0 unspecified atom stereocenters. The summed E-state index contributed by atoms with van der Waals surface area (Å²) in [6, 6.07) is 14.3. The Hall–Kier alpha value is -2.07. The number of nitrogens with zero attached hydrogens (tertiary/aromatic N) is 1. The zero-order valence-corrected chi connectivity index (χ0v) is 13.4. The maximum absolute atomic E-state index is 5.99. The van der Waals surface area contributed by atoms with E-state index in [9.17, 15) is 0 Å². The fourth-order valence-electron chi connectivity index (χ4n) is 2.31. The first kappa shape index (κ1) is 13.9. The number of aromatic nitrogens is 1. The van der Waals surface area contributed by atoms with Crippen LogP contribution in [0.15, 0.2) is 51.5 Å². The summed E-state index contributed by atoms with van der Waals surface area (Å²) in [6.45, 7) is 4.10. The number of rotatable bonds is 2. The average molecular weight is 343 g/mol. The predicted molar refractivity (Wildman–Crippen MR) is 89.0 cm³/mol. The third kappa shape index (κ3) is 2.59. The molecule has 21 heavy (non-hydrogen) atoms. The van der Waals surface area contributed by atoms with E-state index in [0.29, 0.717) is 5.88 Å². The Morgan fingerprint density at radius 2 is 1.67 bits per heavy atom. The van der Waals surface area contributed by atoms with Crippen molar-refractivity contribution in [2.24, 2.45) is 0 Å². The highest BCUT2D eigenvalue weighted by Gasteiger charge is 2.19. The summed E-state index contributed by atoms with van der Waals surface area (Å²) >= 11 is 3.57. The van der Waals surface area contributed by atoms with Crippen LogP contribution in [0.1, 0.15) is 11.1 Å². The first-order valence-electron chi connectivity index (χ1n) is 6.65. The summed E-state index contributed by atoms with van der Waals surface area (Å²) in [7, 11) is 0. The van der Waals surface area contributed by atoms with Crippen LogP contribution in [0.5, 0.6) is 0 Å². The Morgan fingerprint density at radius 3 is 2.38 bits per heavy atom. The van der Waals surface area contributed by atoms with E-state index in [4.69, 9.17) is 10.3 Å². The van der Waals surface area contributed by atoms with Crippen LogP contribution in [0, 0.1) is 13.8 Å². The van der Waals surface area contributed by atoms with Crippen LogP contribution in [-0.2, 0) is 0 Å². The number of hydrogen-bond donors (Lipinski definition) is 1. The van der Waals surface area contributed by atoms with Crippen molar-refractivity contribution in [3.63, 3.8) is 0 Å². The molecule has 3 rings (SSSR count). The summed E-state index contributed by atoms with van der Waals surface area (Å²) < 4.78 is 6.20. The third-order valence-electron chi connectivity index (χ3n) is 3.44. The van der Waals surface area contributed by atoms with Crippen LogP contribution < -0.4 is 5.73 Å². The van der Waals surface area contributed by atoms with Crippen LogP contribution >= 0.6 is 15.9 Å². The molecule has 0 aliphatic rings. The zero-order chi connectivity index (χ0) is 15.0. The van der Waals surface area contributed by atoms with Crippen LogP contribution in [0.3, 0.4) is 0 Å². The molecule has 0 atom stereocenters. The van der Waals surface area contributed by atoms with Crippen molar-refractivity contribution >= 4 is 21.8 Å². The van der Waals surface area contributed by atoms with Crippen LogP contribution in [0.25, 0.3) is 22.4 Å². The molecule has 0 bridgehead atoms. The fraction of sp³-hybridized carbons (Fsp3) is 0.118. The van der Waals surface area contributed by atoms with Crippen molar-refractivity contribution in [2.45, 2.75) is 13.8 Å². The lowest BCUT2D eigenvalue weighted by molar-refractivity contribution is 0.439. The maximum Gasteiger partial charge on any atom is 0.230 e. The zero-order valence-electron chi connectivity index (χ0n) is 11.9. The molecule has 0 spiro atoms. The number of anilines is 1. The van der Waals surface area contributed by atoms with E-state index in [1.807, 2.05) is 31.2 Å². The molecule has 1 aromatic heterocycles. The molecule has 1 heterocycles. The minimum absolute atomic E-state index is 0.335. The molecule has 0 aliphatic carbocycles. The maximum atomic E-state index is 5.99. The number of nitrogens with two attached hydrogens (primary N) is 1. The van der Waals surface area contributed by atoms with Gasteiger partial charge in [-0.15, -0.1) is 0 Å². The second-order valence-electron chi connectivity index (χ2n) is 5.12. The van der Waals surface area contributed by atoms with Gasteiger partial charge in [-0.1, -0.05) is 62.5 Å². The lowest BCUT2D eigenvalue weighted by atomic mass is 9.99. The molecule has 0 amide bonds. The third-order valence-corrected chi connectivity index (χ3v) is 4.13. The Kier molecular flexibility index (Phi) is 3.55. The quantitative estimate of drug-likeness (QED) is 0.715. The van der Waals surface area contributed by atoms with E-state index in [1.54, 1.807) is 0 Å². The van der Waals surface area contributed by atoms with Gasteiger partial charge in [0.2, 0.25) is 5.88 Å². The van der Waals surface area contributed by atoms with Crippen LogP contribution in [0.4, 0.5) is 5.88 Å². The van der Waals surface area contributed by atoms with Gasteiger partial charge in [-0.2, -0.15) is 0 Å². The fourth-order valence-corrected chi connectivity index (χ4v) is 2.74. The lowest BCUT2D eigenvalue weighted by Gasteiger charge is -2.06. The highest BCUT2D eigenvalue weighted by Crippen LogP contribution is 2.39. The van der Waals surface area contributed by atoms with Gasteiger partial charge in [0.05, 0.1) is 5.56 Å². The van der Waals surface area contributed by atoms with Crippen molar-refractivity contribution in [1.82, 2.24) is 5.16 Å². The van der Waals surface area contributed by atoms with Gasteiger partial charge < -0.3 is 10.3 Å². The molecule has 3 aromatic rings. The molecular formula is C17H15BrN2O. The number of benzene rings is 2. The number of nitrogen functional groups attached to an aromatic ring is 1. The van der Waals surface area contributed by atoms with Crippen molar-refractivity contribution < 1.29 is 4.52 Å². The Balaban J connectivity index is 2.21.